The zero-order valence-corrected chi connectivity index (χ0v) is 11.6. The van der Waals surface area contributed by atoms with E-state index < -0.39 is 0 Å². The second kappa shape index (κ2) is 4.46. The van der Waals surface area contributed by atoms with Crippen molar-refractivity contribution in [2.45, 2.75) is 52.5 Å². The summed E-state index contributed by atoms with van der Waals surface area (Å²) in [5, 5.41) is 4.98. The molecule has 0 amide bonds. The van der Waals surface area contributed by atoms with Gasteiger partial charge < -0.3 is 5.32 Å². The van der Waals surface area contributed by atoms with Crippen LogP contribution in [0.15, 0.2) is 0 Å². The number of hydrogen-bond acceptors (Lipinski definition) is 3. The van der Waals surface area contributed by atoms with Crippen LogP contribution >= 0.6 is 11.3 Å². The lowest BCUT2D eigenvalue weighted by atomic mass is 9.69. The fraction of sp³-hybridized carbons (Fsp3) is 0.769. The molecule has 1 heterocycles. The van der Waals surface area contributed by atoms with E-state index in [9.17, 15) is 0 Å². The van der Waals surface area contributed by atoms with Crippen LogP contribution in [0.3, 0.4) is 0 Å². The Morgan fingerprint density at radius 3 is 2.56 bits per heavy atom. The van der Waals surface area contributed by atoms with E-state index in [1.165, 1.54) is 28.4 Å². The van der Waals surface area contributed by atoms with Crippen molar-refractivity contribution in [3.8, 4) is 0 Å². The summed E-state index contributed by atoms with van der Waals surface area (Å²) in [5.41, 5.74) is 1.49. The third-order valence-corrected chi connectivity index (χ3v) is 4.76. The van der Waals surface area contributed by atoms with Gasteiger partial charge in [-0.05, 0) is 38.6 Å². The van der Waals surface area contributed by atoms with Crippen molar-refractivity contribution in [2.75, 3.05) is 6.54 Å². The van der Waals surface area contributed by atoms with Crippen molar-refractivity contribution in [1.29, 1.82) is 0 Å². The van der Waals surface area contributed by atoms with Gasteiger partial charge in [0.1, 0.15) is 5.01 Å². The Labute approximate surface area is 102 Å². The van der Waals surface area contributed by atoms with Gasteiger partial charge in [0.25, 0.3) is 0 Å². The summed E-state index contributed by atoms with van der Waals surface area (Å²) in [7, 11) is 0. The Balaban J connectivity index is 2.26. The number of aromatic nitrogens is 1. The predicted molar refractivity (Wildman–Crippen MR) is 70.0 cm³/mol. The lowest BCUT2D eigenvalue weighted by Crippen LogP contribution is -2.51. The van der Waals surface area contributed by atoms with Crippen molar-refractivity contribution in [3.63, 3.8) is 0 Å². The highest BCUT2D eigenvalue weighted by Gasteiger charge is 2.45. The first-order chi connectivity index (χ1) is 7.61. The Kier molecular flexibility index (Phi) is 3.36. The van der Waals surface area contributed by atoms with Gasteiger partial charge in [0.15, 0.2) is 0 Å². The molecule has 0 saturated heterocycles. The van der Waals surface area contributed by atoms with Crippen LogP contribution in [0.4, 0.5) is 0 Å². The van der Waals surface area contributed by atoms with E-state index in [-0.39, 0.29) is 5.54 Å². The molecule has 0 atom stereocenters. The molecular formula is C13H22N2S. The molecule has 2 nitrogen and oxygen atoms in total. The third kappa shape index (κ3) is 1.91. The number of nitrogens with one attached hydrogen (secondary N) is 1. The van der Waals surface area contributed by atoms with Crippen molar-refractivity contribution in [3.05, 3.63) is 15.6 Å². The molecule has 1 aliphatic carbocycles. The third-order valence-electron chi connectivity index (χ3n) is 3.55. The van der Waals surface area contributed by atoms with E-state index in [1.54, 1.807) is 0 Å². The zero-order valence-electron chi connectivity index (χ0n) is 10.8. The molecule has 1 N–H and O–H groups in total. The SMILES string of the molecule is CCNC1(c2nc(CC)c(C)s2)CC(C)C1. The molecule has 2 rings (SSSR count). The fourth-order valence-corrected chi connectivity index (χ4v) is 4.01. The summed E-state index contributed by atoms with van der Waals surface area (Å²) in [6, 6.07) is 0. The predicted octanol–water partition coefficient (Wildman–Crippen LogP) is 3.25. The summed E-state index contributed by atoms with van der Waals surface area (Å²) in [5.74, 6) is 0.841. The molecule has 0 radical (unpaired) electrons. The molecule has 0 unspecified atom stereocenters. The van der Waals surface area contributed by atoms with Crippen molar-refractivity contribution < 1.29 is 0 Å². The number of thiazole rings is 1. The smallest absolute Gasteiger partial charge is 0.113 e. The Hall–Kier alpha value is -0.410. The van der Waals surface area contributed by atoms with Gasteiger partial charge in [-0.1, -0.05) is 20.8 Å². The van der Waals surface area contributed by atoms with Crippen LogP contribution < -0.4 is 5.32 Å². The van der Waals surface area contributed by atoms with Crippen LogP contribution in [0.2, 0.25) is 0 Å². The van der Waals surface area contributed by atoms with Crippen LogP contribution in [-0.4, -0.2) is 11.5 Å². The Morgan fingerprint density at radius 2 is 2.12 bits per heavy atom. The van der Waals surface area contributed by atoms with Crippen molar-refractivity contribution in [2.24, 2.45) is 5.92 Å². The lowest BCUT2D eigenvalue weighted by Gasteiger charge is -2.45. The molecular weight excluding hydrogens is 216 g/mol. The first-order valence-corrected chi connectivity index (χ1v) is 7.14. The molecule has 1 aromatic heterocycles. The topological polar surface area (TPSA) is 24.9 Å². The summed E-state index contributed by atoms with van der Waals surface area (Å²) in [6.07, 6.45) is 3.55. The molecule has 0 aliphatic heterocycles. The lowest BCUT2D eigenvalue weighted by molar-refractivity contribution is 0.116. The van der Waals surface area contributed by atoms with Crippen LogP contribution in [0.1, 0.15) is 49.2 Å². The Morgan fingerprint density at radius 1 is 1.44 bits per heavy atom. The second-order valence-electron chi connectivity index (χ2n) is 5.00. The zero-order chi connectivity index (χ0) is 11.8. The molecule has 0 aromatic carbocycles. The number of aryl methyl sites for hydroxylation is 2. The first kappa shape index (κ1) is 12.1. The maximum Gasteiger partial charge on any atom is 0.113 e. The standard InChI is InChI=1S/C13H22N2S/c1-5-11-10(4)16-12(15-11)13(14-6-2)7-9(3)8-13/h9,14H,5-8H2,1-4H3. The van der Waals surface area contributed by atoms with Gasteiger partial charge in [0.05, 0.1) is 11.2 Å². The maximum absolute atomic E-state index is 4.83. The summed E-state index contributed by atoms with van der Waals surface area (Å²) in [6.45, 7) is 9.94. The molecule has 1 aromatic rings. The maximum atomic E-state index is 4.83. The van der Waals surface area contributed by atoms with Gasteiger partial charge in [-0.25, -0.2) is 4.98 Å². The number of hydrogen-bond donors (Lipinski definition) is 1. The van der Waals surface area contributed by atoms with E-state index in [1.807, 2.05) is 11.3 Å². The molecule has 1 fully saturated rings. The van der Waals surface area contributed by atoms with Gasteiger partial charge in [-0.2, -0.15) is 0 Å². The summed E-state index contributed by atoms with van der Waals surface area (Å²) in [4.78, 5) is 6.23. The summed E-state index contributed by atoms with van der Waals surface area (Å²) < 4.78 is 0. The fourth-order valence-electron chi connectivity index (χ4n) is 2.82. The first-order valence-electron chi connectivity index (χ1n) is 6.33. The molecule has 1 aliphatic rings. The van der Waals surface area contributed by atoms with Crippen LogP contribution in [-0.2, 0) is 12.0 Å². The van der Waals surface area contributed by atoms with Crippen LogP contribution in [0, 0.1) is 12.8 Å². The molecule has 0 spiro atoms. The minimum atomic E-state index is 0.205. The number of rotatable bonds is 4. The molecule has 3 heteroatoms. The van der Waals surface area contributed by atoms with Gasteiger partial charge in [0.2, 0.25) is 0 Å². The van der Waals surface area contributed by atoms with E-state index in [2.05, 4.69) is 33.0 Å². The van der Waals surface area contributed by atoms with Crippen LogP contribution in [0.5, 0.6) is 0 Å². The van der Waals surface area contributed by atoms with Crippen molar-refractivity contribution in [1.82, 2.24) is 10.3 Å². The van der Waals surface area contributed by atoms with E-state index in [0.717, 1.165) is 18.9 Å². The van der Waals surface area contributed by atoms with Crippen LogP contribution in [0.25, 0.3) is 0 Å². The van der Waals surface area contributed by atoms with Gasteiger partial charge in [-0.15, -0.1) is 11.3 Å². The van der Waals surface area contributed by atoms with Gasteiger partial charge in [0, 0.05) is 4.88 Å². The Bertz CT molecular complexity index is 358. The average Bonchev–Trinajstić information content (AvgIpc) is 2.57. The quantitative estimate of drug-likeness (QED) is 0.871. The van der Waals surface area contributed by atoms with Gasteiger partial charge >= 0.3 is 0 Å². The highest BCUT2D eigenvalue weighted by Crippen LogP contribution is 2.47. The van der Waals surface area contributed by atoms with E-state index in [0.29, 0.717) is 0 Å². The minimum absolute atomic E-state index is 0.205. The summed E-state index contributed by atoms with van der Waals surface area (Å²) >= 11 is 1.89. The monoisotopic (exact) mass is 238 g/mol. The molecule has 90 valence electrons. The normalized spacial score (nSPS) is 29.1. The largest absolute Gasteiger partial charge is 0.306 e. The minimum Gasteiger partial charge on any atom is -0.306 e. The molecule has 0 bridgehead atoms. The van der Waals surface area contributed by atoms with E-state index in [4.69, 9.17) is 4.98 Å². The van der Waals surface area contributed by atoms with Crippen molar-refractivity contribution >= 4 is 11.3 Å². The van der Waals surface area contributed by atoms with Gasteiger partial charge in [-0.3, -0.25) is 0 Å². The highest BCUT2D eigenvalue weighted by molar-refractivity contribution is 7.11. The molecule has 16 heavy (non-hydrogen) atoms. The second-order valence-corrected chi connectivity index (χ2v) is 6.20. The molecule has 1 saturated carbocycles. The average molecular weight is 238 g/mol. The van der Waals surface area contributed by atoms with E-state index >= 15 is 0 Å². The highest BCUT2D eigenvalue weighted by atomic mass is 32.1. The number of nitrogens with zero attached hydrogens (tertiary/aromatic N) is 1.